The molecule has 0 spiro atoms. The highest BCUT2D eigenvalue weighted by Gasteiger charge is 2.47. The standard InChI is InChI=1S/C13H15ClO4/c1-17-9-5-4-8(10(14)11(9)18-2)13(12(15)16)6-3-7-13/h4-5H,3,6-7H2,1-2H3,(H,15,16). The van der Waals surface area contributed by atoms with Gasteiger partial charge in [-0.05, 0) is 24.5 Å². The van der Waals surface area contributed by atoms with Crippen molar-refractivity contribution in [2.45, 2.75) is 24.7 Å². The van der Waals surface area contributed by atoms with Crippen LogP contribution in [-0.2, 0) is 10.2 Å². The minimum Gasteiger partial charge on any atom is -0.493 e. The van der Waals surface area contributed by atoms with Gasteiger partial charge >= 0.3 is 5.97 Å². The normalized spacial score (nSPS) is 16.8. The Morgan fingerprint density at radius 3 is 2.39 bits per heavy atom. The van der Waals surface area contributed by atoms with Crippen molar-refractivity contribution in [2.75, 3.05) is 14.2 Å². The number of carboxylic acids is 1. The van der Waals surface area contributed by atoms with Crippen molar-refractivity contribution in [2.24, 2.45) is 0 Å². The summed E-state index contributed by atoms with van der Waals surface area (Å²) in [4.78, 5) is 11.5. The molecular weight excluding hydrogens is 256 g/mol. The van der Waals surface area contributed by atoms with Gasteiger partial charge in [0.15, 0.2) is 11.5 Å². The molecule has 2 rings (SSSR count). The first kappa shape index (κ1) is 13.0. The van der Waals surface area contributed by atoms with Crippen molar-refractivity contribution in [1.29, 1.82) is 0 Å². The van der Waals surface area contributed by atoms with Gasteiger partial charge in [-0.15, -0.1) is 0 Å². The van der Waals surface area contributed by atoms with E-state index >= 15 is 0 Å². The fourth-order valence-electron chi connectivity index (χ4n) is 2.39. The number of aliphatic carboxylic acids is 1. The number of carboxylic acid groups (broad SMARTS) is 1. The number of halogens is 1. The van der Waals surface area contributed by atoms with Crippen LogP contribution in [-0.4, -0.2) is 25.3 Å². The summed E-state index contributed by atoms with van der Waals surface area (Å²) in [5.74, 6) is 0.0678. The lowest BCUT2D eigenvalue weighted by Gasteiger charge is -2.38. The van der Waals surface area contributed by atoms with Crippen LogP contribution in [0.4, 0.5) is 0 Å². The second-order valence-corrected chi connectivity index (χ2v) is 4.78. The topological polar surface area (TPSA) is 55.8 Å². The van der Waals surface area contributed by atoms with E-state index in [0.29, 0.717) is 34.9 Å². The van der Waals surface area contributed by atoms with Crippen LogP contribution in [0.2, 0.25) is 5.02 Å². The van der Waals surface area contributed by atoms with Crippen LogP contribution in [0.3, 0.4) is 0 Å². The summed E-state index contributed by atoms with van der Waals surface area (Å²) in [6.45, 7) is 0. The van der Waals surface area contributed by atoms with Crippen LogP contribution in [0.1, 0.15) is 24.8 Å². The monoisotopic (exact) mass is 270 g/mol. The van der Waals surface area contributed by atoms with E-state index in [0.717, 1.165) is 6.42 Å². The van der Waals surface area contributed by atoms with Crippen LogP contribution >= 0.6 is 11.6 Å². The second-order valence-electron chi connectivity index (χ2n) is 4.40. The van der Waals surface area contributed by atoms with Crippen molar-refractivity contribution in [3.8, 4) is 11.5 Å². The van der Waals surface area contributed by atoms with Gasteiger partial charge in [0.2, 0.25) is 0 Å². The van der Waals surface area contributed by atoms with Gasteiger partial charge in [-0.1, -0.05) is 24.1 Å². The lowest BCUT2D eigenvalue weighted by Crippen LogP contribution is -2.42. The molecule has 5 heteroatoms. The third-order valence-corrected chi connectivity index (χ3v) is 3.99. The van der Waals surface area contributed by atoms with Gasteiger partial charge in [0.25, 0.3) is 0 Å². The zero-order valence-corrected chi connectivity index (χ0v) is 11.1. The fraction of sp³-hybridized carbons (Fsp3) is 0.462. The van der Waals surface area contributed by atoms with E-state index in [1.807, 2.05) is 0 Å². The van der Waals surface area contributed by atoms with E-state index < -0.39 is 11.4 Å². The van der Waals surface area contributed by atoms with Gasteiger partial charge in [-0.2, -0.15) is 0 Å². The molecule has 0 amide bonds. The zero-order valence-electron chi connectivity index (χ0n) is 10.3. The van der Waals surface area contributed by atoms with Gasteiger partial charge in [-0.3, -0.25) is 4.79 Å². The second kappa shape index (κ2) is 4.69. The molecule has 0 bridgehead atoms. The first-order chi connectivity index (χ1) is 8.56. The first-order valence-electron chi connectivity index (χ1n) is 5.71. The molecule has 0 aromatic heterocycles. The number of hydrogen-bond donors (Lipinski definition) is 1. The van der Waals surface area contributed by atoms with Crippen molar-refractivity contribution in [3.63, 3.8) is 0 Å². The molecular formula is C13H15ClO4. The summed E-state index contributed by atoms with van der Waals surface area (Å²) in [6.07, 6.45) is 2.12. The Morgan fingerprint density at radius 1 is 1.33 bits per heavy atom. The number of hydrogen-bond acceptors (Lipinski definition) is 3. The highest BCUT2D eigenvalue weighted by molar-refractivity contribution is 6.33. The summed E-state index contributed by atoms with van der Waals surface area (Å²) >= 11 is 6.27. The Kier molecular flexibility index (Phi) is 3.39. The van der Waals surface area contributed by atoms with Crippen LogP contribution < -0.4 is 9.47 Å². The van der Waals surface area contributed by atoms with E-state index in [2.05, 4.69) is 0 Å². The summed E-state index contributed by atoms with van der Waals surface area (Å²) in [5.41, 5.74) is -0.253. The van der Waals surface area contributed by atoms with Crippen molar-refractivity contribution in [1.82, 2.24) is 0 Å². The third-order valence-electron chi connectivity index (χ3n) is 3.62. The number of methoxy groups -OCH3 is 2. The van der Waals surface area contributed by atoms with Gasteiger partial charge < -0.3 is 14.6 Å². The average Bonchev–Trinajstić information content (AvgIpc) is 2.28. The Hall–Kier alpha value is -1.42. The van der Waals surface area contributed by atoms with E-state index in [1.165, 1.54) is 14.2 Å². The Balaban J connectivity index is 2.55. The Labute approximate surface area is 110 Å². The largest absolute Gasteiger partial charge is 0.493 e. The van der Waals surface area contributed by atoms with Crippen molar-refractivity contribution < 1.29 is 19.4 Å². The molecule has 0 saturated heterocycles. The van der Waals surface area contributed by atoms with Gasteiger partial charge in [0.05, 0.1) is 24.7 Å². The number of ether oxygens (including phenoxy) is 2. The van der Waals surface area contributed by atoms with Crippen LogP contribution in [0, 0.1) is 0 Å². The summed E-state index contributed by atoms with van der Waals surface area (Å²) in [5, 5.41) is 9.75. The molecule has 1 aromatic carbocycles. The van der Waals surface area contributed by atoms with Crippen LogP contribution in [0.25, 0.3) is 0 Å². The van der Waals surface area contributed by atoms with Crippen molar-refractivity contribution >= 4 is 17.6 Å². The highest BCUT2D eigenvalue weighted by Crippen LogP contribution is 2.50. The fourth-order valence-corrected chi connectivity index (χ4v) is 2.80. The van der Waals surface area contributed by atoms with Crippen molar-refractivity contribution in [3.05, 3.63) is 22.7 Å². The SMILES string of the molecule is COc1ccc(C2(C(=O)O)CCC2)c(Cl)c1OC. The molecule has 1 N–H and O–H groups in total. The van der Waals surface area contributed by atoms with E-state index in [4.69, 9.17) is 21.1 Å². The molecule has 4 nitrogen and oxygen atoms in total. The first-order valence-corrected chi connectivity index (χ1v) is 6.09. The minimum atomic E-state index is -0.864. The average molecular weight is 271 g/mol. The molecule has 1 fully saturated rings. The molecule has 0 aliphatic heterocycles. The molecule has 98 valence electrons. The molecule has 1 saturated carbocycles. The van der Waals surface area contributed by atoms with E-state index in [-0.39, 0.29) is 0 Å². The molecule has 1 aromatic rings. The Bertz CT molecular complexity index is 480. The molecule has 1 aliphatic rings. The maximum Gasteiger partial charge on any atom is 0.314 e. The molecule has 0 unspecified atom stereocenters. The summed E-state index contributed by atoms with van der Waals surface area (Å²) in [7, 11) is 3.01. The minimum absolute atomic E-state index is 0.332. The summed E-state index contributed by atoms with van der Waals surface area (Å²) in [6, 6.07) is 3.42. The lowest BCUT2D eigenvalue weighted by atomic mass is 9.64. The third kappa shape index (κ3) is 1.72. The molecule has 18 heavy (non-hydrogen) atoms. The summed E-state index contributed by atoms with van der Waals surface area (Å²) < 4.78 is 10.3. The lowest BCUT2D eigenvalue weighted by molar-refractivity contribution is -0.147. The van der Waals surface area contributed by atoms with Crippen LogP contribution in [0.15, 0.2) is 12.1 Å². The molecule has 0 heterocycles. The van der Waals surface area contributed by atoms with Gasteiger partial charge in [-0.25, -0.2) is 0 Å². The van der Waals surface area contributed by atoms with Gasteiger partial charge in [0, 0.05) is 0 Å². The zero-order chi connectivity index (χ0) is 13.3. The number of benzene rings is 1. The maximum atomic E-state index is 11.5. The Morgan fingerprint density at radius 2 is 2.00 bits per heavy atom. The molecule has 1 aliphatic carbocycles. The van der Waals surface area contributed by atoms with Crippen LogP contribution in [0.5, 0.6) is 11.5 Å². The maximum absolute atomic E-state index is 11.5. The predicted molar refractivity (Wildman–Crippen MR) is 67.7 cm³/mol. The van der Waals surface area contributed by atoms with E-state index in [1.54, 1.807) is 12.1 Å². The number of rotatable bonds is 4. The highest BCUT2D eigenvalue weighted by atomic mass is 35.5. The quantitative estimate of drug-likeness (QED) is 0.914. The van der Waals surface area contributed by atoms with Gasteiger partial charge in [0.1, 0.15) is 0 Å². The number of carbonyl (C=O) groups is 1. The smallest absolute Gasteiger partial charge is 0.314 e. The molecule has 0 radical (unpaired) electrons. The predicted octanol–water partition coefficient (Wildman–Crippen LogP) is 2.86. The van der Waals surface area contributed by atoms with E-state index in [9.17, 15) is 9.90 Å². The molecule has 0 atom stereocenters.